The molecular weight excluding hydrogens is 232 g/mol. The van der Waals surface area contributed by atoms with Gasteiger partial charge in [-0.1, -0.05) is 13.8 Å². The molecule has 90 valence electrons. The Labute approximate surface area is 105 Å². The van der Waals surface area contributed by atoms with Crippen molar-refractivity contribution in [3.05, 3.63) is 22.1 Å². The third kappa shape index (κ3) is 2.29. The van der Waals surface area contributed by atoms with Crippen molar-refractivity contribution < 1.29 is 0 Å². The Morgan fingerprint density at radius 3 is 2.59 bits per heavy atom. The minimum absolute atomic E-state index is 0.405. The summed E-state index contributed by atoms with van der Waals surface area (Å²) >= 11 is 1.55. The second-order valence-corrected chi connectivity index (χ2v) is 4.89. The Hall–Kier alpha value is -1.49. The van der Waals surface area contributed by atoms with Crippen molar-refractivity contribution in [2.75, 3.05) is 12.4 Å². The highest BCUT2D eigenvalue weighted by Gasteiger charge is 2.15. The first-order chi connectivity index (χ1) is 8.13. The van der Waals surface area contributed by atoms with Crippen LogP contribution in [-0.4, -0.2) is 22.0 Å². The van der Waals surface area contributed by atoms with E-state index >= 15 is 0 Å². The summed E-state index contributed by atoms with van der Waals surface area (Å²) in [5.41, 5.74) is 4.82. The third-order valence-electron chi connectivity index (χ3n) is 2.61. The average Bonchev–Trinajstić information content (AvgIpc) is 2.80. The van der Waals surface area contributed by atoms with Gasteiger partial charge in [0.1, 0.15) is 11.5 Å². The monoisotopic (exact) mass is 248 g/mol. The van der Waals surface area contributed by atoms with Crippen LogP contribution in [0.5, 0.6) is 0 Å². The summed E-state index contributed by atoms with van der Waals surface area (Å²) in [4.78, 5) is 13.3. The number of hydrogen-bond acceptors (Lipinski definition) is 5. The van der Waals surface area contributed by atoms with Gasteiger partial charge in [-0.15, -0.1) is 11.3 Å². The van der Waals surface area contributed by atoms with E-state index in [2.05, 4.69) is 34.1 Å². The fourth-order valence-electron chi connectivity index (χ4n) is 1.90. The lowest BCUT2D eigenvalue weighted by atomic mass is 10.0. The average molecular weight is 248 g/mol. The van der Waals surface area contributed by atoms with Gasteiger partial charge >= 0.3 is 0 Å². The zero-order valence-electron chi connectivity index (χ0n) is 10.5. The maximum atomic E-state index is 4.54. The smallest absolute Gasteiger partial charge is 0.181 e. The number of rotatable bonds is 3. The normalized spacial score (nSPS) is 10.9. The van der Waals surface area contributed by atoms with Gasteiger partial charge in [0, 0.05) is 23.7 Å². The molecule has 4 nitrogen and oxygen atoms in total. The Morgan fingerprint density at radius 1 is 1.29 bits per heavy atom. The Bertz CT molecular complexity index is 505. The lowest BCUT2D eigenvalue weighted by Crippen LogP contribution is -2.07. The molecule has 0 saturated carbocycles. The first-order valence-corrected chi connectivity index (χ1v) is 6.52. The van der Waals surface area contributed by atoms with Crippen LogP contribution in [0.15, 0.2) is 10.9 Å². The van der Waals surface area contributed by atoms with Crippen molar-refractivity contribution in [2.24, 2.45) is 0 Å². The van der Waals surface area contributed by atoms with Crippen molar-refractivity contribution in [3.8, 4) is 11.5 Å². The van der Waals surface area contributed by atoms with Gasteiger partial charge in [-0.25, -0.2) is 15.0 Å². The number of thiazole rings is 1. The number of nitrogens with one attached hydrogen (secondary N) is 1. The second kappa shape index (κ2) is 4.79. The minimum atomic E-state index is 0.405. The zero-order valence-corrected chi connectivity index (χ0v) is 11.3. The maximum absolute atomic E-state index is 4.54. The Kier molecular flexibility index (Phi) is 3.38. The van der Waals surface area contributed by atoms with Crippen molar-refractivity contribution in [2.45, 2.75) is 26.7 Å². The van der Waals surface area contributed by atoms with Gasteiger partial charge in [-0.05, 0) is 12.8 Å². The quantitative estimate of drug-likeness (QED) is 0.907. The van der Waals surface area contributed by atoms with Crippen LogP contribution in [0.1, 0.15) is 31.0 Å². The van der Waals surface area contributed by atoms with Crippen LogP contribution in [0.3, 0.4) is 0 Å². The van der Waals surface area contributed by atoms with Gasteiger partial charge in [0.05, 0.1) is 5.51 Å². The Balaban J connectivity index is 2.56. The molecule has 2 aromatic rings. The molecule has 5 heteroatoms. The fraction of sp³-hybridized carbons (Fsp3) is 0.417. The van der Waals surface area contributed by atoms with Gasteiger partial charge in [0.15, 0.2) is 5.82 Å². The lowest BCUT2D eigenvalue weighted by molar-refractivity contribution is 0.833. The van der Waals surface area contributed by atoms with Gasteiger partial charge < -0.3 is 5.32 Å². The highest BCUT2D eigenvalue weighted by atomic mass is 32.1. The van der Waals surface area contributed by atoms with E-state index in [4.69, 9.17) is 0 Å². The van der Waals surface area contributed by atoms with Crippen molar-refractivity contribution in [3.63, 3.8) is 0 Å². The molecule has 2 heterocycles. The molecule has 17 heavy (non-hydrogen) atoms. The van der Waals surface area contributed by atoms with Gasteiger partial charge in [0.2, 0.25) is 0 Å². The van der Waals surface area contributed by atoms with E-state index in [1.165, 1.54) is 5.56 Å². The minimum Gasteiger partial charge on any atom is -0.373 e. The van der Waals surface area contributed by atoms with E-state index in [0.29, 0.717) is 11.7 Å². The van der Waals surface area contributed by atoms with Gasteiger partial charge in [0.25, 0.3) is 0 Å². The third-order valence-corrected chi connectivity index (χ3v) is 3.20. The maximum Gasteiger partial charge on any atom is 0.181 e. The molecule has 0 atom stereocenters. The van der Waals surface area contributed by atoms with E-state index < -0.39 is 0 Å². The van der Waals surface area contributed by atoms with E-state index in [1.807, 2.05) is 19.4 Å². The molecule has 0 aliphatic heterocycles. The van der Waals surface area contributed by atoms with E-state index in [1.54, 1.807) is 16.8 Å². The standard InChI is InChI=1S/C12H16N4S/c1-7(2)10-8(3)15-11(16-12(10)13-4)9-5-17-6-14-9/h5-7H,1-4H3,(H,13,15,16). The molecular formula is C12H16N4S. The molecule has 0 aliphatic rings. The molecule has 0 spiro atoms. The highest BCUT2D eigenvalue weighted by molar-refractivity contribution is 7.07. The molecule has 2 rings (SSSR count). The van der Waals surface area contributed by atoms with Crippen LogP contribution in [-0.2, 0) is 0 Å². The summed E-state index contributed by atoms with van der Waals surface area (Å²) in [6, 6.07) is 0. The van der Waals surface area contributed by atoms with Crippen LogP contribution in [0.2, 0.25) is 0 Å². The predicted octanol–water partition coefficient (Wildman–Crippen LogP) is 3.07. The second-order valence-electron chi connectivity index (χ2n) is 4.17. The van der Waals surface area contributed by atoms with Crippen LogP contribution in [0.4, 0.5) is 5.82 Å². The largest absolute Gasteiger partial charge is 0.373 e. The summed E-state index contributed by atoms with van der Waals surface area (Å²) in [7, 11) is 1.89. The molecule has 0 radical (unpaired) electrons. The van der Waals surface area contributed by atoms with Crippen molar-refractivity contribution in [1.29, 1.82) is 0 Å². The van der Waals surface area contributed by atoms with E-state index in [9.17, 15) is 0 Å². The number of nitrogens with zero attached hydrogens (tertiary/aromatic N) is 3. The predicted molar refractivity (Wildman–Crippen MR) is 71.5 cm³/mol. The van der Waals surface area contributed by atoms with Crippen LogP contribution >= 0.6 is 11.3 Å². The molecule has 2 aromatic heterocycles. The molecule has 0 aromatic carbocycles. The van der Waals surface area contributed by atoms with E-state index in [-0.39, 0.29) is 0 Å². The summed E-state index contributed by atoms with van der Waals surface area (Å²) < 4.78 is 0. The first-order valence-electron chi connectivity index (χ1n) is 5.58. The van der Waals surface area contributed by atoms with Crippen LogP contribution < -0.4 is 5.32 Å². The first kappa shape index (κ1) is 12.0. The molecule has 0 aliphatic carbocycles. The number of hydrogen-bond donors (Lipinski definition) is 1. The zero-order chi connectivity index (χ0) is 12.4. The summed E-state index contributed by atoms with van der Waals surface area (Å²) in [5.74, 6) is 2.00. The summed E-state index contributed by atoms with van der Waals surface area (Å²) in [6.45, 7) is 6.32. The molecule has 0 saturated heterocycles. The molecule has 0 amide bonds. The van der Waals surface area contributed by atoms with Crippen molar-refractivity contribution >= 4 is 17.2 Å². The molecule has 0 bridgehead atoms. The fourth-order valence-corrected chi connectivity index (χ4v) is 2.43. The lowest BCUT2D eigenvalue weighted by Gasteiger charge is -2.14. The molecule has 1 N–H and O–H groups in total. The summed E-state index contributed by atoms with van der Waals surface area (Å²) in [5, 5.41) is 5.11. The van der Waals surface area contributed by atoms with E-state index in [0.717, 1.165) is 17.2 Å². The number of anilines is 1. The van der Waals surface area contributed by atoms with Crippen LogP contribution in [0, 0.1) is 6.92 Å². The SMILES string of the molecule is CNc1nc(-c2cscn2)nc(C)c1C(C)C. The highest BCUT2D eigenvalue weighted by Crippen LogP contribution is 2.27. The Morgan fingerprint density at radius 2 is 2.06 bits per heavy atom. The topological polar surface area (TPSA) is 50.7 Å². The summed E-state index contributed by atoms with van der Waals surface area (Å²) in [6.07, 6.45) is 0. The molecule has 0 fully saturated rings. The number of aromatic nitrogens is 3. The number of aryl methyl sites for hydroxylation is 1. The van der Waals surface area contributed by atoms with Gasteiger partial charge in [-0.2, -0.15) is 0 Å². The van der Waals surface area contributed by atoms with Crippen molar-refractivity contribution in [1.82, 2.24) is 15.0 Å². The van der Waals surface area contributed by atoms with Crippen LogP contribution in [0.25, 0.3) is 11.5 Å². The van der Waals surface area contributed by atoms with Gasteiger partial charge in [-0.3, -0.25) is 0 Å². The molecule has 0 unspecified atom stereocenters.